The number of nitrogens with zero attached hydrogens (tertiary/aromatic N) is 1. The summed E-state index contributed by atoms with van der Waals surface area (Å²) < 4.78 is 2.21. The molecule has 98 valence electrons. The van der Waals surface area contributed by atoms with E-state index < -0.39 is 17.0 Å². The third-order valence-electron chi connectivity index (χ3n) is 2.50. The topological polar surface area (TPSA) is 71.9 Å². The lowest BCUT2D eigenvalue weighted by Crippen LogP contribution is -2.36. The number of halogens is 2. The molecule has 0 aliphatic carbocycles. The zero-order valence-electron chi connectivity index (χ0n) is 9.74. The number of hydrogen-bond acceptors (Lipinski definition) is 3. The van der Waals surface area contributed by atoms with Gasteiger partial charge in [-0.25, -0.2) is 9.36 Å². The maximum atomic E-state index is 12.2. The van der Waals surface area contributed by atoms with Crippen molar-refractivity contribution in [3.8, 4) is 5.69 Å². The van der Waals surface area contributed by atoms with Crippen molar-refractivity contribution in [3.05, 3.63) is 59.7 Å². The molecule has 0 spiro atoms. The standard InChI is InChI=1S/C12H8Br2N2O3/c1-6(17)8-5-15-12(19)16(11(8)18)10-4-7(13)2-3-9(10)14/h2-5H,1H3,(H,15,19). The van der Waals surface area contributed by atoms with Gasteiger partial charge in [-0.05, 0) is 41.1 Å². The Morgan fingerprint density at radius 1 is 1.26 bits per heavy atom. The van der Waals surface area contributed by atoms with Crippen molar-refractivity contribution in [2.45, 2.75) is 6.92 Å². The van der Waals surface area contributed by atoms with E-state index in [-0.39, 0.29) is 5.56 Å². The summed E-state index contributed by atoms with van der Waals surface area (Å²) >= 11 is 6.55. The van der Waals surface area contributed by atoms with Gasteiger partial charge in [-0.1, -0.05) is 15.9 Å². The van der Waals surface area contributed by atoms with E-state index in [1.54, 1.807) is 18.2 Å². The number of rotatable bonds is 2. The minimum Gasteiger partial charge on any atom is -0.313 e. The van der Waals surface area contributed by atoms with Crippen molar-refractivity contribution >= 4 is 37.6 Å². The molecule has 1 heterocycles. The Labute approximate surface area is 124 Å². The molecule has 19 heavy (non-hydrogen) atoms. The Kier molecular flexibility index (Phi) is 3.86. The van der Waals surface area contributed by atoms with E-state index in [1.165, 1.54) is 6.92 Å². The molecule has 0 aliphatic heterocycles. The van der Waals surface area contributed by atoms with E-state index in [4.69, 9.17) is 0 Å². The Morgan fingerprint density at radius 3 is 2.58 bits per heavy atom. The highest BCUT2D eigenvalue weighted by molar-refractivity contribution is 9.11. The van der Waals surface area contributed by atoms with E-state index in [0.717, 1.165) is 10.8 Å². The molecule has 0 saturated carbocycles. The third-order valence-corrected chi connectivity index (χ3v) is 3.67. The fraction of sp³-hybridized carbons (Fsp3) is 0.0833. The first kappa shape index (κ1) is 14.0. The molecule has 2 aromatic rings. The minimum absolute atomic E-state index is 0.0634. The lowest BCUT2D eigenvalue weighted by Gasteiger charge is -2.08. The smallest absolute Gasteiger partial charge is 0.313 e. The van der Waals surface area contributed by atoms with E-state index in [0.29, 0.717) is 14.6 Å². The summed E-state index contributed by atoms with van der Waals surface area (Å²) in [5.74, 6) is -0.402. The highest BCUT2D eigenvalue weighted by Crippen LogP contribution is 2.23. The molecule has 0 aliphatic rings. The molecule has 5 nitrogen and oxygen atoms in total. The number of benzene rings is 1. The lowest BCUT2D eigenvalue weighted by molar-refractivity contribution is 0.101. The number of aromatic amines is 1. The number of hydrogen-bond donors (Lipinski definition) is 1. The monoisotopic (exact) mass is 386 g/mol. The Morgan fingerprint density at radius 2 is 1.95 bits per heavy atom. The third kappa shape index (κ3) is 2.62. The van der Waals surface area contributed by atoms with E-state index in [1.807, 2.05) is 0 Å². The zero-order chi connectivity index (χ0) is 14.2. The number of ketones is 1. The molecule has 0 fully saturated rings. The van der Waals surface area contributed by atoms with Crippen LogP contribution in [-0.2, 0) is 0 Å². The minimum atomic E-state index is -0.643. The average Bonchev–Trinajstić information content (AvgIpc) is 2.33. The molecular weight excluding hydrogens is 380 g/mol. The van der Waals surface area contributed by atoms with E-state index >= 15 is 0 Å². The van der Waals surface area contributed by atoms with Gasteiger partial charge in [0.15, 0.2) is 5.78 Å². The molecule has 0 bridgehead atoms. The highest BCUT2D eigenvalue weighted by Gasteiger charge is 2.14. The van der Waals surface area contributed by atoms with Crippen molar-refractivity contribution in [2.24, 2.45) is 0 Å². The summed E-state index contributed by atoms with van der Waals surface area (Å²) in [4.78, 5) is 37.8. The van der Waals surface area contributed by atoms with Crippen LogP contribution in [0.5, 0.6) is 0 Å². The van der Waals surface area contributed by atoms with Crippen LogP contribution in [0.1, 0.15) is 17.3 Å². The van der Waals surface area contributed by atoms with Crippen LogP contribution in [-0.4, -0.2) is 15.3 Å². The molecular formula is C12H8Br2N2O3. The summed E-state index contributed by atoms with van der Waals surface area (Å²) in [5, 5.41) is 0. The number of aromatic nitrogens is 2. The van der Waals surface area contributed by atoms with Crippen LogP contribution in [0.2, 0.25) is 0 Å². The average molecular weight is 388 g/mol. The number of carbonyl (C=O) groups excluding carboxylic acids is 1. The molecule has 0 radical (unpaired) electrons. The fourth-order valence-electron chi connectivity index (χ4n) is 1.60. The largest absolute Gasteiger partial charge is 0.333 e. The number of H-pyrrole nitrogens is 1. The molecule has 0 atom stereocenters. The van der Waals surface area contributed by atoms with Crippen molar-refractivity contribution in [1.29, 1.82) is 0 Å². The highest BCUT2D eigenvalue weighted by atomic mass is 79.9. The summed E-state index contributed by atoms with van der Waals surface area (Å²) in [7, 11) is 0. The van der Waals surface area contributed by atoms with Crippen molar-refractivity contribution < 1.29 is 4.79 Å². The second-order valence-corrected chi connectivity index (χ2v) is 5.57. The lowest BCUT2D eigenvalue weighted by atomic mass is 10.2. The maximum Gasteiger partial charge on any atom is 0.333 e. The van der Waals surface area contributed by atoms with Crippen LogP contribution in [0.15, 0.2) is 42.9 Å². The van der Waals surface area contributed by atoms with Crippen LogP contribution in [0.25, 0.3) is 5.69 Å². The summed E-state index contributed by atoms with van der Waals surface area (Å²) in [6.07, 6.45) is 1.13. The number of Topliss-reactive ketones (excluding diaryl/α,β-unsaturated/α-hetero) is 1. The van der Waals surface area contributed by atoms with Gasteiger partial charge < -0.3 is 4.98 Å². The maximum absolute atomic E-state index is 12.2. The quantitative estimate of drug-likeness (QED) is 0.803. The fourth-order valence-corrected chi connectivity index (χ4v) is 2.37. The molecule has 2 rings (SSSR count). The van der Waals surface area contributed by atoms with E-state index in [9.17, 15) is 14.4 Å². The first-order chi connectivity index (χ1) is 8.91. The van der Waals surface area contributed by atoms with Crippen molar-refractivity contribution in [3.63, 3.8) is 0 Å². The molecule has 1 N–H and O–H groups in total. The zero-order valence-corrected chi connectivity index (χ0v) is 12.9. The van der Waals surface area contributed by atoms with Gasteiger partial charge >= 0.3 is 5.69 Å². The van der Waals surface area contributed by atoms with Crippen LogP contribution in [0.3, 0.4) is 0 Å². The molecule has 0 saturated heterocycles. The Hall–Kier alpha value is -1.47. The summed E-state index contributed by atoms with van der Waals surface area (Å²) in [6, 6.07) is 5.08. The Bertz CT molecular complexity index is 777. The van der Waals surface area contributed by atoms with Crippen LogP contribution in [0.4, 0.5) is 0 Å². The summed E-state index contributed by atoms with van der Waals surface area (Å²) in [6.45, 7) is 1.27. The molecule has 7 heteroatoms. The second kappa shape index (κ2) is 5.26. The summed E-state index contributed by atoms with van der Waals surface area (Å²) in [5.41, 5.74) is -0.945. The van der Waals surface area contributed by atoms with Crippen molar-refractivity contribution in [1.82, 2.24) is 9.55 Å². The first-order valence-electron chi connectivity index (χ1n) is 5.23. The number of nitrogens with one attached hydrogen (secondary N) is 1. The van der Waals surface area contributed by atoms with Gasteiger partial charge in [-0.2, -0.15) is 0 Å². The second-order valence-electron chi connectivity index (χ2n) is 3.80. The van der Waals surface area contributed by atoms with Crippen LogP contribution >= 0.6 is 31.9 Å². The first-order valence-corrected chi connectivity index (χ1v) is 6.81. The van der Waals surface area contributed by atoms with Gasteiger partial charge in [0, 0.05) is 15.1 Å². The normalized spacial score (nSPS) is 10.5. The van der Waals surface area contributed by atoms with Crippen LogP contribution in [0, 0.1) is 0 Å². The van der Waals surface area contributed by atoms with E-state index in [2.05, 4.69) is 36.8 Å². The van der Waals surface area contributed by atoms with Gasteiger partial charge in [0.1, 0.15) is 0 Å². The van der Waals surface area contributed by atoms with Gasteiger partial charge in [0.25, 0.3) is 5.56 Å². The Balaban J connectivity index is 2.86. The molecule has 1 aromatic heterocycles. The van der Waals surface area contributed by atoms with Gasteiger partial charge in [-0.15, -0.1) is 0 Å². The molecule has 1 aromatic carbocycles. The number of carbonyl (C=O) groups is 1. The van der Waals surface area contributed by atoms with Gasteiger partial charge in [0.2, 0.25) is 0 Å². The predicted octanol–water partition coefficient (Wildman–Crippen LogP) is 2.25. The molecule has 0 amide bonds. The van der Waals surface area contributed by atoms with Gasteiger partial charge in [0.05, 0.1) is 11.3 Å². The molecule has 0 unspecified atom stereocenters. The predicted molar refractivity (Wildman–Crippen MR) is 78.1 cm³/mol. The van der Waals surface area contributed by atoms with Crippen LogP contribution < -0.4 is 11.2 Å². The van der Waals surface area contributed by atoms with Gasteiger partial charge in [-0.3, -0.25) is 9.59 Å². The SMILES string of the molecule is CC(=O)c1c[nH]c(=O)n(-c2cc(Br)ccc2Br)c1=O. The van der Waals surface area contributed by atoms with Crippen molar-refractivity contribution in [2.75, 3.05) is 0 Å².